The van der Waals surface area contributed by atoms with Gasteiger partial charge in [-0.15, -0.1) is 0 Å². The van der Waals surface area contributed by atoms with Gasteiger partial charge in [0.15, 0.2) is 0 Å². The van der Waals surface area contributed by atoms with Crippen molar-refractivity contribution in [1.29, 1.82) is 0 Å². The van der Waals surface area contributed by atoms with E-state index in [1.165, 1.54) is 12.1 Å². The van der Waals surface area contributed by atoms with E-state index in [9.17, 15) is 14.1 Å². The Balaban J connectivity index is 2.86. The number of rotatable bonds is 1. The Kier molecular flexibility index (Phi) is 2.44. The first-order chi connectivity index (χ1) is 7.65. The first-order valence-electron chi connectivity index (χ1n) is 4.54. The molecule has 0 aliphatic heterocycles. The van der Waals surface area contributed by atoms with Gasteiger partial charge in [0.05, 0.1) is 18.8 Å². The topological polar surface area (TPSA) is 48.3 Å². The molecule has 1 heterocycles. The predicted molar refractivity (Wildman–Crippen MR) is 56.1 cm³/mol. The highest BCUT2D eigenvalue weighted by Crippen LogP contribution is 2.11. The highest BCUT2D eigenvalue weighted by molar-refractivity contribution is 5.93. The highest BCUT2D eigenvalue weighted by atomic mass is 19.2. The molecule has 0 radical (unpaired) electrons. The maximum Gasteiger partial charge on any atom is 0.343 e. The third-order valence-electron chi connectivity index (χ3n) is 2.27. The zero-order chi connectivity index (χ0) is 11.7. The number of methoxy groups -OCH3 is 1. The molecule has 2 rings (SSSR count). The zero-order valence-electron chi connectivity index (χ0n) is 8.44. The van der Waals surface area contributed by atoms with Crippen molar-refractivity contribution in [3.8, 4) is 0 Å². The summed E-state index contributed by atoms with van der Waals surface area (Å²) in [6.07, 6.45) is 0.830. The summed E-state index contributed by atoms with van der Waals surface area (Å²) < 4.78 is 17.9. The largest absolute Gasteiger partial charge is 0.465 e. The molecule has 0 bridgehead atoms. The summed E-state index contributed by atoms with van der Waals surface area (Å²) in [7, 11) is 1.14. The average Bonchev–Trinajstić information content (AvgIpc) is 2.33. The van der Waals surface area contributed by atoms with Gasteiger partial charge in [0, 0.05) is 5.39 Å². The number of benzene rings is 1. The molecule has 1 aromatic heterocycles. The lowest BCUT2D eigenvalue weighted by Gasteiger charge is -2.04. The summed E-state index contributed by atoms with van der Waals surface area (Å²) in [6.45, 7) is 0. The van der Waals surface area contributed by atoms with Gasteiger partial charge in [-0.05, 0) is 12.1 Å². The Bertz CT molecular complexity index is 618. The second kappa shape index (κ2) is 3.77. The van der Waals surface area contributed by atoms with Gasteiger partial charge in [-0.2, -0.15) is 4.79 Å². The van der Waals surface area contributed by atoms with Crippen molar-refractivity contribution in [2.75, 3.05) is 7.11 Å². The van der Waals surface area contributed by atoms with Gasteiger partial charge in [-0.25, -0.2) is 4.79 Å². The van der Waals surface area contributed by atoms with Crippen molar-refractivity contribution >= 4 is 16.9 Å². The monoisotopic (exact) mass is 221 g/mol. The van der Waals surface area contributed by atoms with Gasteiger partial charge in [-0.3, -0.25) is 4.79 Å². The van der Waals surface area contributed by atoms with E-state index in [4.69, 9.17) is 0 Å². The summed E-state index contributed by atoms with van der Waals surface area (Å²) >= 11 is 0. The number of hydrogen-bond donors (Lipinski definition) is 0. The molecule has 0 aliphatic carbocycles. The number of aromatic nitrogens is 1. The minimum Gasteiger partial charge on any atom is -0.465 e. The summed E-state index contributed by atoms with van der Waals surface area (Å²) in [5.74, 6) is -0.845. The molecule has 0 unspecified atom stereocenters. The molecule has 0 aliphatic rings. The van der Waals surface area contributed by atoms with E-state index in [0.717, 1.165) is 13.3 Å². The lowest BCUT2D eigenvalue weighted by atomic mass is 10.1. The molecule has 5 heteroatoms. The summed E-state index contributed by atoms with van der Waals surface area (Å²) in [6, 6.07) is 6.12. The molecule has 0 amide bonds. The van der Waals surface area contributed by atoms with Crippen molar-refractivity contribution in [1.82, 2.24) is 4.79 Å². The summed E-state index contributed by atoms with van der Waals surface area (Å²) in [5.41, 5.74) is -0.722. The van der Waals surface area contributed by atoms with Crippen LogP contribution in [0.15, 0.2) is 35.3 Å². The quantitative estimate of drug-likeness (QED) is 0.686. The number of pyridine rings is 1. The van der Waals surface area contributed by atoms with Crippen LogP contribution < -0.4 is 5.43 Å². The van der Waals surface area contributed by atoms with E-state index in [1.54, 1.807) is 12.1 Å². The number of carbonyl (C=O) groups excluding carboxylic acids is 1. The SMILES string of the molecule is COC(=O)c1cn(F)c2ccccc2c1=O. The predicted octanol–water partition coefficient (Wildman–Crippen LogP) is 1.52. The van der Waals surface area contributed by atoms with E-state index in [1.807, 2.05) is 0 Å². The molecular weight excluding hydrogens is 213 g/mol. The second-order valence-electron chi connectivity index (χ2n) is 3.19. The van der Waals surface area contributed by atoms with Crippen molar-refractivity contribution < 1.29 is 14.0 Å². The molecule has 82 valence electrons. The van der Waals surface area contributed by atoms with Gasteiger partial charge in [-0.1, -0.05) is 16.6 Å². The van der Waals surface area contributed by atoms with Crippen LogP contribution in [0.4, 0.5) is 4.48 Å². The molecule has 0 spiro atoms. The van der Waals surface area contributed by atoms with Crippen LogP contribution in [0.1, 0.15) is 10.4 Å². The number of esters is 1. The lowest BCUT2D eigenvalue weighted by Crippen LogP contribution is -2.18. The smallest absolute Gasteiger partial charge is 0.343 e. The number of nitrogens with zero attached hydrogens (tertiary/aromatic N) is 1. The average molecular weight is 221 g/mol. The van der Waals surface area contributed by atoms with Gasteiger partial charge in [0.1, 0.15) is 5.56 Å². The third kappa shape index (κ3) is 1.46. The second-order valence-corrected chi connectivity index (χ2v) is 3.19. The van der Waals surface area contributed by atoms with Crippen molar-refractivity contribution in [2.24, 2.45) is 0 Å². The van der Waals surface area contributed by atoms with Crippen LogP contribution in [0.25, 0.3) is 10.9 Å². The minimum absolute atomic E-state index is 0.125. The molecule has 0 saturated heterocycles. The maximum absolute atomic E-state index is 13.5. The van der Waals surface area contributed by atoms with E-state index >= 15 is 0 Å². The van der Waals surface area contributed by atoms with Crippen molar-refractivity contribution in [3.05, 3.63) is 46.2 Å². The molecule has 0 saturated carbocycles. The van der Waals surface area contributed by atoms with Crippen LogP contribution in [-0.2, 0) is 4.74 Å². The Morgan fingerprint density at radius 2 is 2.06 bits per heavy atom. The van der Waals surface area contributed by atoms with Gasteiger partial charge >= 0.3 is 5.97 Å². The molecule has 4 nitrogen and oxygen atoms in total. The number of halogens is 1. The molecular formula is C11H8FNO3. The lowest BCUT2D eigenvalue weighted by molar-refractivity contribution is 0.0597. The van der Waals surface area contributed by atoms with Crippen molar-refractivity contribution in [2.45, 2.75) is 0 Å². The molecule has 0 atom stereocenters. The molecule has 2 aromatic rings. The van der Waals surface area contributed by atoms with Crippen LogP contribution in [0.3, 0.4) is 0 Å². The Morgan fingerprint density at radius 3 is 2.75 bits per heavy atom. The standard InChI is InChI=1S/C11H8FNO3/c1-16-11(15)8-6-13(12)9-5-3-2-4-7(9)10(8)14/h2-6H,1H3. The molecule has 0 N–H and O–H groups in total. The van der Waals surface area contributed by atoms with Crippen molar-refractivity contribution in [3.63, 3.8) is 0 Å². The van der Waals surface area contributed by atoms with E-state index in [0.29, 0.717) is 0 Å². The Labute approximate surface area is 89.8 Å². The third-order valence-corrected chi connectivity index (χ3v) is 2.27. The zero-order valence-corrected chi connectivity index (χ0v) is 8.44. The fourth-order valence-electron chi connectivity index (χ4n) is 1.49. The number of ether oxygens (including phenoxy) is 1. The fourth-order valence-corrected chi connectivity index (χ4v) is 1.49. The summed E-state index contributed by atoms with van der Waals surface area (Å²) in [5, 5.41) is 0.146. The van der Waals surface area contributed by atoms with Crippen LogP contribution in [-0.4, -0.2) is 17.9 Å². The molecule has 16 heavy (non-hydrogen) atoms. The first-order valence-corrected chi connectivity index (χ1v) is 4.54. The number of para-hydroxylation sites is 1. The Hall–Kier alpha value is -2.17. The number of fused-ring (bicyclic) bond motifs is 1. The summed E-state index contributed by atoms with van der Waals surface area (Å²) in [4.78, 5) is 23.3. The van der Waals surface area contributed by atoms with E-state index in [2.05, 4.69) is 4.74 Å². The van der Waals surface area contributed by atoms with E-state index < -0.39 is 11.4 Å². The Morgan fingerprint density at radius 1 is 1.38 bits per heavy atom. The fraction of sp³-hybridized carbons (Fsp3) is 0.0909. The van der Waals surface area contributed by atoms with Gasteiger partial charge in [0.2, 0.25) is 5.43 Å². The number of carbonyl (C=O) groups is 1. The molecule has 1 aromatic carbocycles. The highest BCUT2D eigenvalue weighted by Gasteiger charge is 2.15. The van der Waals surface area contributed by atoms with Crippen LogP contribution in [0.5, 0.6) is 0 Å². The normalized spacial score (nSPS) is 10.4. The van der Waals surface area contributed by atoms with E-state index in [-0.39, 0.29) is 21.3 Å². The minimum atomic E-state index is -0.845. The van der Waals surface area contributed by atoms with Crippen LogP contribution >= 0.6 is 0 Å². The van der Waals surface area contributed by atoms with Gasteiger partial charge < -0.3 is 4.74 Å². The van der Waals surface area contributed by atoms with Crippen LogP contribution in [0.2, 0.25) is 0 Å². The molecule has 0 fully saturated rings. The van der Waals surface area contributed by atoms with Crippen LogP contribution in [0, 0.1) is 0 Å². The maximum atomic E-state index is 13.5. The number of hydrogen-bond acceptors (Lipinski definition) is 3. The van der Waals surface area contributed by atoms with Gasteiger partial charge in [0.25, 0.3) is 0 Å². The first kappa shape index (κ1) is 10.4.